The number of hydrogen-bond donors (Lipinski definition) is 1. The van der Waals surface area contributed by atoms with Gasteiger partial charge in [0, 0.05) is 31.1 Å². The van der Waals surface area contributed by atoms with E-state index >= 15 is 0 Å². The van der Waals surface area contributed by atoms with Gasteiger partial charge in [0.2, 0.25) is 0 Å². The SMILES string of the molecule is O=C(c1ccccc1S(=O)(=O)C1CCCC1)N1CCN(C2Nc3cc(F)ccc3S2)CC1. The van der Waals surface area contributed by atoms with E-state index in [1.165, 1.54) is 12.1 Å². The molecule has 0 spiro atoms. The van der Waals surface area contributed by atoms with Crippen LogP contribution in [-0.2, 0) is 9.84 Å². The number of halogens is 1. The lowest BCUT2D eigenvalue weighted by atomic mass is 10.2. The Labute approximate surface area is 192 Å². The smallest absolute Gasteiger partial charge is 0.255 e. The topological polar surface area (TPSA) is 69.7 Å². The van der Waals surface area contributed by atoms with E-state index in [1.54, 1.807) is 47.0 Å². The third-order valence-corrected chi connectivity index (χ3v) is 10.1. The Hall–Kier alpha value is -2.10. The Morgan fingerprint density at radius 2 is 1.75 bits per heavy atom. The van der Waals surface area contributed by atoms with Crippen LogP contribution in [0.2, 0.25) is 0 Å². The first-order valence-corrected chi connectivity index (χ1v) is 13.4. The third kappa shape index (κ3) is 4.02. The highest BCUT2D eigenvalue weighted by Crippen LogP contribution is 2.40. The van der Waals surface area contributed by atoms with Gasteiger partial charge in [0.25, 0.3) is 5.91 Å². The van der Waals surface area contributed by atoms with E-state index in [-0.39, 0.29) is 32.9 Å². The number of piperazine rings is 1. The summed E-state index contributed by atoms with van der Waals surface area (Å²) in [6, 6.07) is 11.4. The molecule has 0 radical (unpaired) electrons. The number of sulfone groups is 1. The molecule has 1 aliphatic carbocycles. The Balaban J connectivity index is 1.27. The minimum atomic E-state index is -3.51. The number of amides is 1. The predicted octanol–water partition coefficient (Wildman–Crippen LogP) is 3.80. The van der Waals surface area contributed by atoms with E-state index in [1.807, 2.05) is 0 Å². The molecule has 2 aliphatic heterocycles. The summed E-state index contributed by atoms with van der Waals surface area (Å²) in [5.41, 5.74) is 1.08. The van der Waals surface area contributed by atoms with Gasteiger partial charge in [-0.3, -0.25) is 9.69 Å². The minimum absolute atomic E-state index is 0.000849. The van der Waals surface area contributed by atoms with Crippen molar-refractivity contribution in [3.05, 3.63) is 53.8 Å². The Bertz CT molecular complexity index is 1130. The summed E-state index contributed by atoms with van der Waals surface area (Å²) in [6.45, 7) is 2.34. The molecule has 0 aromatic heterocycles. The Morgan fingerprint density at radius 1 is 1.03 bits per heavy atom. The van der Waals surface area contributed by atoms with Gasteiger partial charge in [-0.2, -0.15) is 0 Å². The summed E-state index contributed by atoms with van der Waals surface area (Å²) in [6.07, 6.45) is 3.18. The van der Waals surface area contributed by atoms with Crippen LogP contribution in [0.1, 0.15) is 36.0 Å². The van der Waals surface area contributed by atoms with Gasteiger partial charge in [-0.15, -0.1) is 0 Å². The van der Waals surface area contributed by atoms with Crippen molar-refractivity contribution < 1.29 is 17.6 Å². The van der Waals surface area contributed by atoms with E-state index in [0.29, 0.717) is 39.0 Å². The lowest BCUT2D eigenvalue weighted by Crippen LogP contribution is -2.52. The summed E-state index contributed by atoms with van der Waals surface area (Å²) in [7, 11) is -3.51. The number of nitrogens with one attached hydrogen (secondary N) is 1. The second-order valence-corrected chi connectivity index (χ2v) is 11.8. The Morgan fingerprint density at radius 3 is 2.50 bits per heavy atom. The quantitative estimate of drug-likeness (QED) is 0.726. The molecule has 5 rings (SSSR count). The first-order chi connectivity index (χ1) is 15.4. The lowest BCUT2D eigenvalue weighted by Gasteiger charge is -2.37. The summed E-state index contributed by atoms with van der Waals surface area (Å²) >= 11 is 1.64. The fourth-order valence-corrected chi connectivity index (χ4v) is 7.99. The maximum Gasteiger partial charge on any atom is 0.255 e. The summed E-state index contributed by atoms with van der Waals surface area (Å²) in [5.74, 6) is -0.488. The van der Waals surface area contributed by atoms with E-state index in [9.17, 15) is 17.6 Å². The molecule has 1 unspecified atom stereocenters. The van der Waals surface area contributed by atoms with Gasteiger partial charge in [-0.25, -0.2) is 12.8 Å². The molecule has 6 nitrogen and oxygen atoms in total. The normalized spacial score (nSPS) is 22.0. The van der Waals surface area contributed by atoms with Crippen molar-refractivity contribution in [2.45, 2.75) is 46.2 Å². The summed E-state index contributed by atoms with van der Waals surface area (Å²) in [5, 5.41) is 2.96. The number of nitrogens with zero attached hydrogens (tertiary/aromatic N) is 2. The molecule has 1 amide bonds. The number of rotatable bonds is 4. The molecule has 9 heteroatoms. The van der Waals surface area contributed by atoms with Crippen molar-refractivity contribution in [1.29, 1.82) is 0 Å². The van der Waals surface area contributed by atoms with Crippen molar-refractivity contribution in [2.24, 2.45) is 0 Å². The fourth-order valence-electron chi connectivity index (χ4n) is 4.77. The molecule has 2 fully saturated rings. The highest BCUT2D eigenvalue weighted by molar-refractivity contribution is 8.00. The minimum Gasteiger partial charge on any atom is -0.360 e. The second kappa shape index (κ2) is 8.68. The van der Waals surface area contributed by atoms with Crippen molar-refractivity contribution in [3.8, 4) is 0 Å². The van der Waals surface area contributed by atoms with Crippen LogP contribution in [0.5, 0.6) is 0 Å². The molecular formula is C23H26FN3O3S2. The zero-order valence-electron chi connectivity index (χ0n) is 17.7. The first kappa shape index (κ1) is 21.7. The van der Waals surface area contributed by atoms with Crippen molar-refractivity contribution >= 4 is 33.2 Å². The second-order valence-electron chi connectivity index (χ2n) is 8.53. The molecule has 1 atom stereocenters. The van der Waals surface area contributed by atoms with E-state index in [2.05, 4.69) is 10.2 Å². The zero-order chi connectivity index (χ0) is 22.3. The summed E-state index contributed by atoms with van der Waals surface area (Å²) in [4.78, 5) is 18.5. The molecule has 2 aromatic rings. The third-order valence-electron chi connectivity index (χ3n) is 6.56. The monoisotopic (exact) mass is 475 g/mol. The average Bonchev–Trinajstić information content (AvgIpc) is 3.49. The molecule has 1 saturated carbocycles. The fraction of sp³-hybridized carbons (Fsp3) is 0.435. The number of benzene rings is 2. The van der Waals surface area contributed by atoms with Crippen LogP contribution in [0.3, 0.4) is 0 Å². The molecule has 32 heavy (non-hydrogen) atoms. The molecule has 1 saturated heterocycles. The standard InChI is InChI=1S/C23H26FN3O3S2/c24-16-9-10-20-19(15-16)25-23(31-20)27-13-11-26(12-14-27)22(28)18-7-3-4-8-21(18)32(29,30)17-5-1-2-6-17/h3-4,7-10,15,17,23,25H,1-2,5-6,11-14H2. The van der Waals surface area contributed by atoms with Crippen molar-refractivity contribution in [3.63, 3.8) is 0 Å². The predicted molar refractivity (Wildman–Crippen MR) is 123 cm³/mol. The van der Waals surface area contributed by atoms with Crippen molar-refractivity contribution in [1.82, 2.24) is 9.80 Å². The van der Waals surface area contributed by atoms with Gasteiger partial charge in [0.05, 0.1) is 21.4 Å². The van der Waals surface area contributed by atoms with E-state index in [4.69, 9.17) is 0 Å². The number of carbonyl (C=O) groups is 1. The maximum absolute atomic E-state index is 13.5. The van der Waals surface area contributed by atoms with Gasteiger partial charge in [0.15, 0.2) is 9.84 Å². The van der Waals surface area contributed by atoms with Gasteiger partial charge in [-0.1, -0.05) is 36.7 Å². The first-order valence-electron chi connectivity index (χ1n) is 11.0. The number of anilines is 1. The highest BCUT2D eigenvalue weighted by atomic mass is 32.2. The van der Waals surface area contributed by atoms with Crippen LogP contribution in [0.15, 0.2) is 52.3 Å². The maximum atomic E-state index is 13.5. The molecule has 3 aliphatic rings. The molecule has 170 valence electrons. The lowest BCUT2D eigenvalue weighted by molar-refractivity contribution is 0.0630. The Kier molecular flexibility index (Phi) is 5.90. The molecular weight excluding hydrogens is 449 g/mol. The van der Waals surface area contributed by atoms with Gasteiger partial charge in [0.1, 0.15) is 11.3 Å². The van der Waals surface area contributed by atoms with Gasteiger partial charge >= 0.3 is 0 Å². The van der Waals surface area contributed by atoms with Crippen LogP contribution in [0.25, 0.3) is 0 Å². The summed E-state index contributed by atoms with van der Waals surface area (Å²) < 4.78 is 39.9. The van der Waals surface area contributed by atoms with E-state index in [0.717, 1.165) is 23.4 Å². The number of thioether (sulfide) groups is 1. The van der Waals surface area contributed by atoms with Crippen LogP contribution in [0, 0.1) is 5.82 Å². The van der Waals surface area contributed by atoms with Crippen LogP contribution in [0.4, 0.5) is 10.1 Å². The molecule has 2 aromatic carbocycles. The van der Waals surface area contributed by atoms with Crippen molar-refractivity contribution in [2.75, 3.05) is 31.5 Å². The largest absolute Gasteiger partial charge is 0.360 e. The zero-order valence-corrected chi connectivity index (χ0v) is 19.3. The highest BCUT2D eigenvalue weighted by Gasteiger charge is 2.35. The van der Waals surface area contributed by atoms with Gasteiger partial charge < -0.3 is 10.2 Å². The molecule has 1 N–H and O–H groups in total. The van der Waals surface area contributed by atoms with Gasteiger partial charge in [-0.05, 0) is 43.2 Å². The number of carbonyl (C=O) groups excluding carboxylic acids is 1. The number of fused-ring (bicyclic) bond motifs is 1. The number of hydrogen-bond acceptors (Lipinski definition) is 6. The van der Waals surface area contributed by atoms with Crippen LogP contribution >= 0.6 is 11.8 Å². The molecule has 2 heterocycles. The van der Waals surface area contributed by atoms with Crippen LogP contribution < -0.4 is 5.32 Å². The van der Waals surface area contributed by atoms with Crippen LogP contribution in [-0.4, -0.2) is 61.1 Å². The van der Waals surface area contributed by atoms with E-state index < -0.39 is 9.84 Å². The average molecular weight is 476 g/mol. The molecule has 0 bridgehead atoms.